The zero-order valence-electron chi connectivity index (χ0n) is 2.04. The maximum atomic E-state index is 8.44. The maximum absolute atomic E-state index is 8.44. The van der Waals surface area contributed by atoms with Crippen molar-refractivity contribution < 1.29 is 34.4 Å². The van der Waals surface area contributed by atoms with Crippen LogP contribution in [-0.4, -0.2) is 13.3 Å². The van der Waals surface area contributed by atoms with E-state index < -0.39 is 11.4 Å². The first-order valence-corrected chi connectivity index (χ1v) is 1.50. The van der Waals surface area contributed by atoms with Crippen LogP contribution >= 0.6 is 0 Å². The van der Waals surface area contributed by atoms with E-state index in [9.17, 15) is 0 Å². The van der Waals surface area contributed by atoms with Crippen molar-refractivity contribution in [1.82, 2.24) is 0 Å². The second kappa shape index (κ2) is 4.76. The Morgan fingerprint density at radius 2 is 1.40 bits per heavy atom. The molecule has 0 aliphatic rings. The third kappa shape index (κ3) is 63.0. The van der Waals surface area contributed by atoms with Crippen molar-refractivity contribution in [2.75, 3.05) is 0 Å². The van der Waals surface area contributed by atoms with E-state index in [1.807, 2.05) is 0 Å². The third-order valence-corrected chi connectivity index (χ3v) is 0. The van der Waals surface area contributed by atoms with Crippen LogP contribution in [0.15, 0.2) is 0 Å². The van der Waals surface area contributed by atoms with Crippen molar-refractivity contribution >= 4 is 11.4 Å². The first-order chi connectivity index (χ1) is 1.73. The Morgan fingerprint density at radius 1 is 1.40 bits per heavy atom. The van der Waals surface area contributed by atoms with E-state index in [2.05, 4.69) is 0 Å². The minimum atomic E-state index is -3.11. The normalized spacial score (nSPS) is 7.00. The molecule has 5 heavy (non-hydrogen) atoms. The second-order valence-corrected chi connectivity index (χ2v) is 0.612. The molecule has 0 saturated heterocycles. The molecular weight excluding hydrogens is 176 g/mol. The van der Waals surface area contributed by atoms with Gasteiger partial charge in [0, 0.05) is 0 Å². The van der Waals surface area contributed by atoms with Crippen molar-refractivity contribution in [2.24, 2.45) is 0 Å². The first-order valence-electron chi connectivity index (χ1n) is 0.500. The van der Waals surface area contributed by atoms with E-state index in [-0.39, 0.29) is 21.1 Å². The molecule has 0 atom stereocenters. The number of rotatable bonds is 0. The van der Waals surface area contributed by atoms with Gasteiger partial charge in [0.05, 0.1) is 0 Å². The van der Waals surface area contributed by atoms with Crippen LogP contribution in [0.25, 0.3) is 0 Å². The predicted octanol–water partition coefficient (Wildman–Crippen LogP) is -1.01. The van der Waals surface area contributed by atoms with E-state index in [1.54, 1.807) is 0 Å². The van der Waals surface area contributed by atoms with Crippen LogP contribution in [0.1, 0.15) is 0 Å². The number of hydrogen-bond acceptors (Lipinski definition) is 3. The summed E-state index contributed by atoms with van der Waals surface area (Å²) < 4.78 is 25.3. The molecule has 30 valence electrons. The van der Waals surface area contributed by atoms with Gasteiger partial charge >= 0.3 is 21.1 Å². The van der Waals surface area contributed by atoms with Gasteiger partial charge in [-0.3, -0.25) is 4.21 Å². The van der Waals surface area contributed by atoms with Gasteiger partial charge in [0.1, 0.15) is 0 Å². The molecule has 0 amide bonds. The van der Waals surface area contributed by atoms with Gasteiger partial charge in [0.25, 0.3) is 0 Å². The SMILES string of the molecule is O=S([O-])[O-].[Mo+2]. The standard InChI is InChI=1S/Mo.H2O3S/c;1-4(2)3/h;(H2,1,2,3)/q+2;/p-2. The van der Waals surface area contributed by atoms with Gasteiger partial charge in [-0.25, -0.2) is 0 Å². The molecule has 0 rings (SSSR count). The van der Waals surface area contributed by atoms with Crippen molar-refractivity contribution in [3.63, 3.8) is 0 Å². The molecule has 0 spiro atoms. The van der Waals surface area contributed by atoms with Crippen molar-refractivity contribution in [3.8, 4) is 0 Å². The molecule has 0 bridgehead atoms. The van der Waals surface area contributed by atoms with Gasteiger partial charge in [-0.1, -0.05) is 0 Å². The predicted molar refractivity (Wildman–Crippen MR) is 9.70 cm³/mol. The van der Waals surface area contributed by atoms with Crippen LogP contribution in [0.3, 0.4) is 0 Å². The summed E-state index contributed by atoms with van der Waals surface area (Å²) in [7, 11) is 0. The first kappa shape index (κ1) is 9.23. The Labute approximate surface area is 46.1 Å². The minimum absolute atomic E-state index is 0. The Kier molecular flexibility index (Phi) is 8.78. The largest absolute Gasteiger partial charge is 2.00 e. The van der Waals surface area contributed by atoms with E-state index in [4.69, 9.17) is 13.3 Å². The maximum Gasteiger partial charge on any atom is 2.00 e. The Bertz CT molecular complexity index is 29.9. The molecule has 3 nitrogen and oxygen atoms in total. The van der Waals surface area contributed by atoms with Crippen LogP contribution in [-0.2, 0) is 32.4 Å². The Balaban J connectivity index is 0. The zero-order valence-corrected chi connectivity index (χ0v) is 4.86. The topological polar surface area (TPSA) is 63.2 Å². The van der Waals surface area contributed by atoms with E-state index in [1.165, 1.54) is 0 Å². The molecule has 5 heteroatoms. The van der Waals surface area contributed by atoms with Gasteiger partial charge in [-0.05, 0) is 0 Å². The third-order valence-electron chi connectivity index (χ3n) is 0. The molecule has 0 aliphatic heterocycles. The van der Waals surface area contributed by atoms with E-state index in [0.29, 0.717) is 0 Å². The summed E-state index contributed by atoms with van der Waals surface area (Å²) in [6.45, 7) is 0. The van der Waals surface area contributed by atoms with Gasteiger partial charge in [0.15, 0.2) is 0 Å². The van der Waals surface area contributed by atoms with Crippen LogP contribution in [0.4, 0.5) is 0 Å². The summed E-state index contributed by atoms with van der Waals surface area (Å²) in [4.78, 5) is 0. The molecule has 0 radical (unpaired) electrons. The average molecular weight is 176 g/mol. The van der Waals surface area contributed by atoms with Gasteiger partial charge < -0.3 is 9.11 Å². The van der Waals surface area contributed by atoms with Gasteiger partial charge in [-0.2, -0.15) is 0 Å². The van der Waals surface area contributed by atoms with Gasteiger partial charge in [-0.15, -0.1) is 11.4 Å². The fourth-order valence-corrected chi connectivity index (χ4v) is 0. The van der Waals surface area contributed by atoms with Crippen molar-refractivity contribution in [2.45, 2.75) is 0 Å². The monoisotopic (exact) mass is 178 g/mol. The molecule has 0 N–H and O–H groups in total. The van der Waals surface area contributed by atoms with Crippen molar-refractivity contribution in [1.29, 1.82) is 0 Å². The average Bonchev–Trinajstić information content (AvgIpc) is 0.811. The van der Waals surface area contributed by atoms with Crippen LogP contribution in [0, 0.1) is 0 Å². The Morgan fingerprint density at radius 3 is 1.40 bits per heavy atom. The fourth-order valence-electron chi connectivity index (χ4n) is 0. The molecule has 0 heterocycles. The quantitative estimate of drug-likeness (QED) is 0.351. The zero-order chi connectivity index (χ0) is 3.58. The van der Waals surface area contributed by atoms with Gasteiger partial charge in [0.2, 0.25) is 0 Å². The molecule has 0 saturated carbocycles. The Hall–Kier alpha value is 0.758. The summed E-state index contributed by atoms with van der Waals surface area (Å²) in [5.74, 6) is 0. The molecular formula is MoO3S. The summed E-state index contributed by atoms with van der Waals surface area (Å²) in [6.07, 6.45) is 0. The summed E-state index contributed by atoms with van der Waals surface area (Å²) in [6, 6.07) is 0. The molecule has 0 unspecified atom stereocenters. The molecule has 0 aromatic rings. The van der Waals surface area contributed by atoms with Crippen LogP contribution in [0.2, 0.25) is 0 Å². The van der Waals surface area contributed by atoms with E-state index >= 15 is 0 Å². The molecule has 0 aromatic heterocycles. The second-order valence-electron chi connectivity index (χ2n) is 0.204. The summed E-state index contributed by atoms with van der Waals surface area (Å²) in [5, 5.41) is 0. The molecule has 0 aromatic carbocycles. The summed E-state index contributed by atoms with van der Waals surface area (Å²) in [5.41, 5.74) is 0. The van der Waals surface area contributed by atoms with Crippen LogP contribution < -0.4 is 0 Å². The van der Waals surface area contributed by atoms with E-state index in [0.717, 1.165) is 0 Å². The number of hydrogen-bond donors (Lipinski definition) is 0. The minimum Gasteiger partial charge on any atom is -0.784 e. The molecule has 0 aliphatic carbocycles. The smallest absolute Gasteiger partial charge is 0.784 e. The van der Waals surface area contributed by atoms with Crippen molar-refractivity contribution in [3.05, 3.63) is 0 Å². The van der Waals surface area contributed by atoms with Crippen LogP contribution in [0.5, 0.6) is 0 Å². The molecule has 0 fully saturated rings. The summed E-state index contributed by atoms with van der Waals surface area (Å²) >= 11 is -3.11. The fraction of sp³-hybridized carbons (Fsp3) is 0.